The van der Waals surface area contributed by atoms with Crippen LogP contribution in [0.3, 0.4) is 0 Å². The maximum atomic E-state index is 11.9. The fourth-order valence-electron chi connectivity index (χ4n) is 3.87. The van der Waals surface area contributed by atoms with E-state index in [9.17, 15) is 4.79 Å². The number of hydrogen-bond acceptors (Lipinski definition) is 4. The van der Waals surface area contributed by atoms with E-state index in [-0.39, 0.29) is 12.5 Å². The molecule has 0 aromatic heterocycles. The van der Waals surface area contributed by atoms with Crippen LogP contribution in [0.5, 0.6) is 0 Å². The Morgan fingerprint density at radius 1 is 1.07 bits per heavy atom. The summed E-state index contributed by atoms with van der Waals surface area (Å²) in [6.07, 6.45) is 10.6. The fraction of sp³-hybridized carbons (Fsp3) is 0.905. The molecule has 0 unspecified atom stereocenters. The minimum Gasteiger partial charge on any atom is -0.379 e. The van der Waals surface area contributed by atoms with Crippen molar-refractivity contribution in [2.75, 3.05) is 66.6 Å². The van der Waals surface area contributed by atoms with Gasteiger partial charge in [-0.15, -0.1) is 0 Å². The molecule has 1 aliphatic heterocycles. The van der Waals surface area contributed by atoms with Crippen molar-refractivity contribution in [1.29, 1.82) is 0 Å². The highest BCUT2D eigenvalue weighted by Crippen LogP contribution is 2.26. The van der Waals surface area contributed by atoms with Gasteiger partial charge in [0.15, 0.2) is 5.96 Å². The quantitative estimate of drug-likeness (QED) is 0.335. The van der Waals surface area contributed by atoms with Gasteiger partial charge in [-0.3, -0.25) is 9.69 Å². The Hall–Kier alpha value is -1.34. The largest absolute Gasteiger partial charge is 0.379 e. The number of likely N-dealkylation sites (N-methyl/N-ethyl adjacent to an activating group) is 1. The molecule has 1 aliphatic carbocycles. The molecule has 0 radical (unpaired) electrons. The van der Waals surface area contributed by atoms with Crippen molar-refractivity contribution in [3.05, 3.63) is 0 Å². The first-order valence-electron chi connectivity index (χ1n) is 11.2. The van der Waals surface area contributed by atoms with Crippen molar-refractivity contribution in [1.82, 2.24) is 20.4 Å². The molecule has 0 aromatic carbocycles. The second kappa shape index (κ2) is 13.8. The van der Waals surface area contributed by atoms with Gasteiger partial charge in [-0.25, -0.2) is 4.99 Å². The van der Waals surface area contributed by atoms with Crippen molar-refractivity contribution < 1.29 is 9.53 Å². The molecule has 0 atom stereocenters. The molecular weight excluding hydrogens is 354 g/mol. The van der Waals surface area contributed by atoms with Gasteiger partial charge in [-0.1, -0.05) is 32.1 Å². The van der Waals surface area contributed by atoms with E-state index in [0.717, 1.165) is 64.2 Å². The number of nitrogens with zero attached hydrogens (tertiary/aromatic N) is 3. The number of ether oxygens (including phenoxy) is 1. The van der Waals surface area contributed by atoms with Gasteiger partial charge in [0.1, 0.15) is 6.54 Å². The monoisotopic (exact) mass is 395 g/mol. The first-order valence-corrected chi connectivity index (χ1v) is 11.2. The van der Waals surface area contributed by atoms with Crippen LogP contribution in [0.1, 0.15) is 51.4 Å². The Morgan fingerprint density at radius 2 is 1.75 bits per heavy atom. The van der Waals surface area contributed by atoms with E-state index in [0.29, 0.717) is 0 Å². The minimum atomic E-state index is 0.0247. The molecule has 2 fully saturated rings. The highest BCUT2D eigenvalue weighted by molar-refractivity contribution is 5.84. The molecule has 2 aliphatic rings. The zero-order valence-corrected chi connectivity index (χ0v) is 18.0. The Kier molecular flexibility index (Phi) is 11.3. The van der Waals surface area contributed by atoms with Gasteiger partial charge in [0, 0.05) is 40.3 Å². The SMILES string of the molecule is CN(C)C(=O)CN=C(NCCCC1CCCCC1)NCCCN1CCOCC1. The number of morpholine rings is 1. The van der Waals surface area contributed by atoms with E-state index in [1.165, 1.54) is 44.9 Å². The van der Waals surface area contributed by atoms with Gasteiger partial charge in [0.05, 0.1) is 13.2 Å². The highest BCUT2D eigenvalue weighted by Gasteiger charge is 2.13. The topological polar surface area (TPSA) is 69.2 Å². The van der Waals surface area contributed by atoms with E-state index >= 15 is 0 Å². The molecule has 7 heteroatoms. The average Bonchev–Trinajstić information content (AvgIpc) is 2.73. The predicted molar refractivity (Wildman–Crippen MR) is 115 cm³/mol. The summed E-state index contributed by atoms with van der Waals surface area (Å²) in [4.78, 5) is 20.4. The smallest absolute Gasteiger partial charge is 0.243 e. The maximum absolute atomic E-state index is 11.9. The van der Waals surface area contributed by atoms with Crippen molar-refractivity contribution in [3.8, 4) is 0 Å². The second-order valence-corrected chi connectivity index (χ2v) is 8.26. The van der Waals surface area contributed by atoms with Crippen LogP contribution in [0.2, 0.25) is 0 Å². The van der Waals surface area contributed by atoms with Crippen molar-refractivity contribution in [3.63, 3.8) is 0 Å². The minimum absolute atomic E-state index is 0.0247. The number of guanidine groups is 1. The summed E-state index contributed by atoms with van der Waals surface area (Å²) in [6.45, 7) is 6.78. The summed E-state index contributed by atoms with van der Waals surface area (Å²) >= 11 is 0. The van der Waals surface area contributed by atoms with Crippen LogP contribution in [0.25, 0.3) is 0 Å². The molecule has 28 heavy (non-hydrogen) atoms. The molecule has 1 saturated heterocycles. The number of carbonyl (C=O) groups excluding carboxylic acids is 1. The molecule has 1 amide bonds. The fourth-order valence-corrected chi connectivity index (χ4v) is 3.87. The van der Waals surface area contributed by atoms with E-state index in [1.54, 1.807) is 19.0 Å². The van der Waals surface area contributed by atoms with Crippen LogP contribution < -0.4 is 10.6 Å². The lowest BCUT2D eigenvalue weighted by molar-refractivity contribution is -0.127. The number of carbonyl (C=O) groups is 1. The summed E-state index contributed by atoms with van der Waals surface area (Å²) in [5.41, 5.74) is 0. The van der Waals surface area contributed by atoms with Crippen molar-refractivity contribution >= 4 is 11.9 Å². The lowest BCUT2D eigenvalue weighted by Gasteiger charge is -2.26. The lowest BCUT2D eigenvalue weighted by Crippen LogP contribution is -2.41. The molecule has 1 saturated carbocycles. The first-order chi connectivity index (χ1) is 13.6. The van der Waals surface area contributed by atoms with E-state index in [4.69, 9.17) is 4.74 Å². The van der Waals surface area contributed by atoms with E-state index in [1.807, 2.05) is 0 Å². The molecule has 0 spiro atoms. The zero-order chi connectivity index (χ0) is 20.0. The number of aliphatic imine (C=N–C) groups is 1. The van der Waals surface area contributed by atoms with Gasteiger partial charge in [0.2, 0.25) is 5.91 Å². The van der Waals surface area contributed by atoms with Crippen molar-refractivity contribution in [2.24, 2.45) is 10.9 Å². The third-order valence-electron chi connectivity index (χ3n) is 5.72. The van der Waals surface area contributed by atoms with Crippen LogP contribution in [0.4, 0.5) is 0 Å². The van der Waals surface area contributed by atoms with Gasteiger partial charge in [-0.2, -0.15) is 0 Å². The van der Waals surface area contributed by atoms with Crippen LogP contribution in [-0.2, 0) is 9.53 Å². The summed E-state index contributed by atoms with van der Waals surface area (Å²) in [6, 6.07) is 0. The molecular formula is C21H41N5O2. The molecule has 2 rings (SSSR count). The van der Waals surface area contributed by atoms with Crippen LogP contribution in [0.15, 0.2) is 4.99 Å². The summed E-state index contributed by atoms with van der Waals surface area (Å²) < 4.78 is 5.39. The summed E-state index contributed by atoms with van der Waals surface area (Å²) in [5, 5.41) is 6.83. The third-order valence-corrected chi connectivity index (χ3v) is 5.72. The van der Waals surface area contributed by atoms with E-state index in [2.05, 4.69) is 20.5 Å². The standard InChI is InChI=1S/C21H41N5O2/c1-25(2)20(27)18-24-21(22-11-6-10-19-8-4-3-5-9-19)23-12-7-13-26-14-16-28-17-15-26/h19H,3-18H2,1-2H3,(H2,22,23,24). The van der Waals surface area contributed by atoms with Gasteiger partial charge < -0.3 is 20.3 Å². The highest BCUT2D eigenvalue weighted by atomic mass is 16.5. The van der Waals surface area contributed by atoms with Crippen LogP contribution in [0, 0.1) is 5.92 Å². The summed E-state index contributed by atoms with van der Waals surface area (Å²) in [5.74, 6) is 1.70. The van der Waals surface area contributed by atoms with Gasteiger partial charge >= 0.3 is 0 Å². The van der Waals surface area contributed by atoms with Crippen LogP contribution in [-0.4, -0.2) is 88.2 Å². The summed E-state index contributed by atoms with van der Waals surface area (Å²) in [7, 11) is 3.54. The molecule has 0 bridgehead atoms. The number of hydrogen-bond donors (Lipinski definition) is 2. The van der Waals surface area contributed by atoms with Gasteiger partial charge in [0.25, 0.3) is 0 Å². The second-order valence-electron chi connectivity index (χ2n) is 8.26. The Balaban J connectivity index is 1.67. The molecule has 0 aromatic rings. The van der Waals surface area contributed by atoms with Crippen LogP contribution >= 0.6 is 0 Å². The zero-order valence-electron chi connectivity index (χ0n) is 18.0. The Morgan fingerprint density at radius 3 is 2.43 bits per heavy atom. The lowest BCUT2D eigenvalue weighted by atomic mass is 9.86. The Bertz CT molecular complexity index is 430. The molecule has 2 N–H and O–H groups in total. The normalized spacial score (nSPS) is 19.4. The number of rotatable bonds is 10. The molecule has 1 heterocycles. The maximum Gasteiger partial charge on any atom is 0.243 e. The molecule has 162 valence electrons. The molecule has 7 nitrogen and oxygen atoms in total. The third kappa shape index (κ3) is 9.73. The van der Waals surface area contributed by atoms with E-state index < -0.39 is 0 Å². The first kappa shape index (κ1) is 22.9. The Labute approximate surface area is 171 Å². The van der Waals surface area contributed by atoms with Crippen molar-refractivity contribution in [2.45, 2.75) is 51.4 Å². The average molecular weight is 396 g/mol. The number of nitrogens with one attached hydrogen (secondary N) is 2. The van der Waals surface area contributed by atoms with Gasteiger partial charge in [-0.05, 0) is 31.7 Å². The number of amides is 1. The predicted octanol–water partition coefficient (Wildman–Crippen LogP) is 1.69.